The Labute approximate surface area is 181 Å². The van der Waals surface area contributed by atoms with E-state index in [0.717, 1.165) is 19.6 Å². The van der Waals surface area contributed by atoms with E-state index in [1.807, 2.05) is 0 Å². The van der Waals surface area contributed by atoms with Crippen LogP contribution in [0.3, 0.4) is 0 Å². The molecule has 0 radical (unpaired) electrons. The summed E-state index contributed by atoms with van der Waals surface area (Å²) in [4.78, 5) is 0. The average Bonchev–Trinajstić information content (AvgIpc) is 2.74. The number of ether oxygens (including phenoxy) is 5. The number of unbranched alkanes of at least 4 members (excludes halogenated alkanes) is 10. The summed E-state index contributed by atoms with van der Waals surface area (Å²) in [6.45, 7) is 11.3. The molecule has 0 aliphatic carbocycles. The lowest BCUT2D eigenvalue weighted by Crippen LogP contribution is -2.13. The van der Waals surface area contributed by atoms with Crippen LogP contribution in [0.15, 0.2) is 0 Å². The minimum atomic E-state index is 0.606. The fraction of sp³-hybridized carbons (Fsp3) is 1.00. The zero-order valence-corrected chi connectivity index (χ0v) is 19.6. The summed E-state index contributed by atoms with van der Waals surface area (Å²) in [5.41, 5.74) is 0. The van der Waals surface area contributed by atoms with Crippen molar-refractivity contribution in [2.75, 3.05) is 66.1 Å². The summed E-state index contributed by atoms with van der Waals surface area (Å²) in [7, 11) is 0. The van der Waals surface area contributed by atoms with E-state index in [0.29, 0.717) is 52.9 Å². The summed E-state index contributed by atoms with van der Waals surface area (Å²) >= 11 is 0. The van der Waals surface area contributed by atoms with Crippen molar-refractivity contribution in [3.8, 4) is 0 Å². The maximum absolute atomic E-state index is 5.60. The summed E-state index contributed by atoms with van der Waals surface area (Å²) in [6.07, 6.45) is 15.7. The molecule has 0 amide bonds. The quantitative estimate of drug-likeness (QED) is 0.166. The topological polar surface area (TPSA) is 46.2 Å². The number of rotatable bonds is 26. The second kappa shape index (κ2) is 27.8. The molecule has 0 aromatic carbocycles. The Morgan fingerprint density at radius 3 is 0.862 bits per heavy atom. The van der Waals surface area contributed by atoms with Gasteiger partial charge in [0.1, 0.15) is 0 Å². The van der Waals surface area contributed by atoms with Crippen molar-refractivity contribution in [1.82, 2.24) is 0 Å². The van der Waals surface area contributed by atoms with E-state index in [-0.39, 0.29) is 0 Å². The van der Waals surface area contributed by atoms with Crippen LogP contribution < -0.4 is 0 Å². The van der Waals surface area contributed by atoms with Crippen LogP contribution in [0.5, 0.6) is 0 Å². The molecule has 0 aromatic heterocycles. The van der Waals surface area contributed by atoms with Gasteiger partial charge in [0.2, 0.25) is 0 Å². The van der Waals surface area contributed by atoms with Crippen LogP contribution in [0, 0.1) is 0 Å². The largest absolute Gasteiger partial charge is 0.379 e. The normalized spacial score (nSPS) is 11.4. The molecule has 0 N–H and O–H groups in total. The van der Waals surface area contributed by atoms with Gasteiger partial charge in [0.05, 0.1) is 52.9 Å². The molecule has 0 bridgehead atoms. The molecule has 0 atom stereocenters. The van der Waals surface area contributed by atoms with Gasteiger partial charge < -0.3 is 23.7 Å². The highest BCUT2D eigenvalue weighted by Crippen LogP contribution is 2.08. The molecule has 0 aromatic rings. The Morgan fingerprint density at radius 1 is 0.276 bits per heavy atom. The Kier molecular flexibility index (Phi) is 27.6. The zero-order valence-electron chi connectivity index (χ0n) is 19.6. The Balaban J connectivity index is 2.97. The monoisotopic (exact) mass is 418 g/mol. The molecule has 5 nitrogen and oxygen atoms in total. The third kappa shape index (κ3) is 27.8. The number of hydrogen-bond donors (Lipinski definition) is 0. The van der Waals surface area contributed by atoms with Crippen molar-refractivity contribution >= 4 is 0 Å². The third-order valence-corrected chi connectivity index (χ3v) is 4.77. The molecule has 0 saturated heterocycles. The first-order valence-electron chi connectivity index (χ1n) is 12.3. The summed E-state index contributed by atoms with van der Waals surface area (Å²) in [6, 6.07) is 0. The molecular weight excluding hydrogens is 368 g/mol. The molecule has 176 valence electrons. The second-order valence-electron chi connectivity index (χ2n) is 7.60. The summed E-state index contributed by atoms with van der Waals surface area (Å²) < 4.78 is 27.6. The first-order chi connectivity index (χ1) is 14.4. The van der Waals surface area contributed by atoms with Crippen molar-refractivity contribution in [2.45, 2.75) is 90.9 Å². The van der Waals surface area contributed by atoms with Crippen LogP contribution >= 0.6 is 0 Å². The van der Waals surface area contributed by atoms with Crippen LogP contribution in [-0.4, -0.2) is 66.1 Å². The smallest absolute Gasteiger partial charge is 0.0701 e. The van der Waals surface area contributed by atoms with E-state index in [1.165, 1.54) is 70.6 Å². The number of hydrogen-bond acceptors (Lipinski definition) is 5. The highest BCUT2D eigenvalue weighted by atomic mass is 16.6. The fourth-order valence-electron chi connectivity index (χ4n) is 2.95. The molecular formula is C24H50O5. The van der Waals surface area contributed by atoms with E-state index in [9.17, 15) is 0 Å². The van der Waals surface area contributed by atoms with E-state index in [4.69, 9.17) is 23.7 Å². The molecule has 0 aliphatic rings. The SMILES string of the molecule is CCCCCCCCCCOCCOCCOCCOCCOCCCCCC. The highest BCUT2D eigenvalue weighted by Gasteiger charge is 1.95. The van der Waals surface area contributed by atoms with Crippen LogP contribution in [0.1, 0.15) is 90.9 Å². The van der Waals surface area contributed by atoms with Gasteiger partial charge in [0, 0.05) is 13.2 Å². The van der Waals surface area contributed by atoms with Crippen LogP contribution in [0.2, 0.25) is 0 Å². The Bertz CT molecular complexity index is 250. The van der Waals surface area contributed by atoms with Gasteiger partial charge in [-0.2, -0.15) is 0 Å². The van der Waals surface area contributed by atoms with E-state index < -0.39 is 0 Å². The van der Waals surface area contributed by atoms with Crippen molar-refractivity contribution < 1.29 is 23.7 Å². The first-order valence-corrected chi connectivity index (χ1v) is 12.3. The minimum absolute atomic E-state index is 0.606. The predicted molar refractivity (Wildman–Crippen MR) is 121 cm³/mol. The van der Waals surface area contributed by atoms with Crippen molar-refractivity contribution in [1.29, 1.82) is 0 Å². The van der Waals surface area contributed by atoms with Gasteiger partial charge in [-0.25, -0.2) is 0 Å². The van der Waals surface area contributed by atoms with Gasteiger partial charge in [0.15, 0.2) is 0 Å². The van der Waals surface area contributed by atoms with Crippen LogP contribution in [-0.2, 0) is 23.7 Å². The van der Waals surface area contributed by atoms with Gasteiger partial charge in [-0.1, -0.05) is 78.1 Å². The molecule has 0 spiro atoms. The standard InChI is InChI=1S/C24H50O5/c1-3-5-7-9-10-11-12-14-16-26-18-20-28-22-24-29-23-21-27-19-17-25-15-13-8-6-4-2/h3-24H2,1-2H3. The molecule has 0 fully saturated rings. The van der Waals surface area contributed by atoms with Crippen molar-refractivity contribution in [3.05, 3.63) is 0 Å². The van der Waals surface area contributed by atoms with Gasteiger partial charge >= 0.3 is 0 Å². The maximum Gasteiger partial charge on any atom is 0.0701 e. The van der Waals surface area contributed by atoms with Gasteiger partial charge in [-0.05, 0) is 12.8 Å². The zero-order chi connectivity index (χ0) is 21.1. The molecule has 5 heteroatoms. The maximum atomic E-state index is 5.60. The molecule has 0 rings (SSSR count). The third-order valence-electron chi connectivity index (χ3n) is 4.77. The Morgan fingerprint density at radius 2 is 0.517 bits per heavy atom. The van der Waals surface area contributed by atoms with Crippen LogP contribution in [0.4, 0.5) is 0 Å². The van der Waals surface area contributed by atoms with Crippen LogP contribution in [0.25, 0.3) is 0 Å². The lowest BCUT2D eigenvalue weighted by Gasteiger charge is -2.08. The first kappa shape index (κ1) is 28.8. The van der Waals surface area contributed by atoms with E-state index >= 15 is 0 Å². The van der Waals surface area contributed by atoms with Gasteiger partial charge in [0.25, 0.3) is 0 Å². The van der Waals surface area contributed by atoms with E-state index in [1.54, 1.807) is 0 Å². The summed E-state index contributed by atoms with van der Waals surface area (Å²) in [5, 5.41) is 0. The minimum Gasteiger partial charge on any atom is -0.379 e. The molecule has 0 aliphatic heterocycles. The van der Waals surface area contributed by atoms with Gasteiger partial charge in [-0.15, -0.1) is 0 Å². The summed E-state index contributed by atoms with van der Waals surface area (Å²) in [5.74, 6) is 0. The van der Waals surface area contributed by atoms with E-state index in [2.05, 4.69) is 13.8 Å². The van der Waals surface area contributed by atoms with Gasteiger partial charge in [-0.3, -0.25) is 0 Å². The lowest BCUT2D eigenvalue weighted by atomic mass is 10.1. The molecule has 0 saturated carbocycles. The molecule has 0 unspecified atom stereocenters. The molecule has 0 heterocycles. The van der Waals surface area contributed by atoms with Crippen molar-refractivity contribution in [3.63, 3.8) is 0 Å². The fourth-order valence-corrected chi connectivity index (χ4v) is 2.95. The lowest BCUT2D eigenvalue weighted by molar-refractivity contribution is -0.0114. The Hall–Kier alpha value is -0.200. The second-order valence-corrected chi connectivity index (χ2v) is 7.60. The molecule has 29 heavy (non-hydrogen) atoms. The highest BCUT2D eigenvalue weighted by molar-refractivity contribution is 4.46. The van der Waals surface area contributed by atoms with Crippen molar-refractivity contribution in [2.24, 2.45) is 0 Å². The predicted octanol–water partition coefficient (Wildman–Crippen LogP) is 5.79. The average molecular weight is 419 g/mol.